The van der Waals surface area contributed by atoms with E-state index in [1.165, 1.54) is 5.56 Å². The SMILES string of the molecule is COc1ccc(NC(=O)N2CCc3ccccc3[C@H]2c2ccccc2Cl)cc1OC. The quantitative estimate of drug-likeness (QED) is 0.600. The molecule has 4 rings (SSSR count). The molecular weight excluding hydrogens is 400 g/mol. The predicted molar refractivity (Wildman–Crippen MR) is 119 cm³/mol. The average molecular weight is 423 g/mol. The molecule has 0 aromatic heterocycles. The third-order valence-corrected chi connectivity index (χ3v) is 5.72. The molecule has 6 heteroatoms. The molecule has 5 nitrogen and oxygen atoms in total. The lowest BCUT2D eigenvalue weighted by atomic mass is 9.88. The summed E-state index contributed by atoms with van der Waals surface area (Å²) in [5.74, 6) is 1.17. The van der Waals surface area contributed by atoms with Crippen molar-refractivity contribution in [1.82, 2.24) is 4.90 Å². The van der Waals surface area contributed by atoms with Crippen LogP contribution in [0.5, 0.6) is 11.5 Å². The minimum Gasteiger partial charge on any atom is -0.493 e. The average Bonchev–Trinajstić information content (AvgIpc) is 2.78. The molecular formula is C24H23ClN2O3. The molecule has 2 amide bonds. The Morgan fingerprint density at radius 1 is 0.967 bits per heavy atom. The van der Waals surface area contributed by atoms with Crippen LogP contribution in [0.2, 0.25) is 5.02 Å². The minimum atomic E-state index is -0.260. The molecule has 3 aromatic rings. The second-order valence-electron chi connectivity index (χ2n) is 7.07. The lowest BCUT2D eigenvalue weighted by Crippen LogP contribution is -2.43. The van der Waals surface area contributed by atoms with E-state index in [1.54, 1.807) is 32.4 Å². The minimum absolute atomic E-state index is 0.193. The van der Waals surface area contributed by atoms with E-state index in [9.17, 15) is 4.79 Å². The number of ether oxygens (including phenoxy) is 2. The smallest absolute Gasteiger partial charge is 0.322 e. The summed E-state index contributed by atoms with van der Waals surface area (Å²) < 4.78 is 10.6. The summed E-state index contributed by atoms with van der Waals surface area (Å²) in [5, 5.41) is 3.64. The number of fused-ring (bicyclic) bond motifs is 1. The van der Waals surface area contributed by atoms with E-state index >= 15 is 0 Å². The molecule has 0 bridgehead atoms. The molecule has 1 aliphatic heterocycles. The monoisotopic (exact) mass is 422 g/mol. The van der Waals surface area contributed by atoms with Gasteiger partial charge in [0.15, 0.2) is 11.5 Å². The van der Waals surface area contributed by atoms with Crippen molar-refractivity contribution in [3.05, 3.63) is 88.4 Å². The number of urea groups is 1. The fraction of sp³-hybridized carbons (Fsp3) is 0.208. The van der Waals surface area contributed by atoms with Gasteiger partial charge >= 0.3 is 6.03 Å². The van der Waals surface area contributed by atoms with Crippen molar-refractivity contribution in [2.24, 2.45) is 0 Å². The summed E-state index contributed by atoms with van der Waals surface area (Å²) in [4.78, 5) is 15.2. The van der Waals surface area contributed by atoms with Crippen LogP contribution in [0.25, 0.3) is 0 Å². The largest absolute Gasteiger partial charge is 0.493 e. The fourth-order valence-electron chi connectivity index (χ4n) is 3.93. The highest BCUT2D eigenvalue weighted by Gasteiger charge is 2.33. The van der Waals surface area contributed by atoms with E-state index < -0.39 is 0 Å². The van der Waals surface area contributed by atoms with Gasteiger partial charge in [-0.25, -0.2) is 4.79 Å². The van der Waals surface area contributed by atoms with E-state index in [4.69, 9.17) is 21.1 Å². The zero-order chi connectivity index (χ0) is 21.1. The number of rotatable bonds is 4. The Kier molecular flexibility index (Phi) is 5.81. The van der Waals surface area contributed by atoms with Gasteiger partial charge in [0, 0.05) is 23.3 Å². The van der Waals surface area contributed by atoms with Crippen molar-refractivity contribution in [1.29, 1.82) is 0 Å². The third-order valence-electron chi connectivity index (χ3n) is 5.38. The number of hydrogen-bond donors (Lipinski definition) is 1. The molecule has 0 saturated carbocycles. The highest BCUT2D eigenvalue weighted by molar-refractivity contribution is 6.31. The van der Waals surface area contributed by atoms with Crippen molar-refractivity contribution in [2.75, 3.05) is 26.1 Å². The first-order chi connectivity index (χ1) is 14.6. The van der Waals surface area contributed by atoms with Gasteiger partial charge in [0.05, 0.1) is 20.3 Å². The van der Waals surface area contributed by atoms with Crippen molar-refractivity contribution < 1.29 is 14.3 Å². The molecule has 1 aliphatic rings. The number of anilines is 1. The number of carbonyl (C=O) groups excluding carboxylic acids is 1. The second kappa shape index (κ2) is 8.67. The lowest BCUT2D eigenvalue weighted by molar-refractivity contribution is 0.194. The molecule has 154 valence electrons. The summed E-state index contributed by atoms with van der Waals surface area (Å²) in [5.41, 5.74) is 3.88. The molecule has 3 aromatic carbocycles. The van der Waals surface area contributed by atoms with Crippen LogP contribution in [0.4, 0.5) is 10.5 Å². The number of halogens is 1. The van der Waals surface area contributed by atoms with Gasteiger partial charge in [-0.1, -0.05) is 54.1 Å². The zero-order valence-corrected chi connectivity index (χ0v) is 17.6. The lowest BCUT2D eigenvalue weighted by Gasteiger charge is -2.38. The van der Waals surface area contributed by atoms with Gasteiger partial charge in [0.1, 0.15) is 0 Å². The summed E-state index contributed by atoms with van der Waals surface area (Å²) >= 11 is 6.54. The molecule has 1 atom stereocenters. The van der Waals surface area contributed by atoms with Crippen LogP contribution in [-0.2, 0) is 6.42 Å². The highest BCUT2D eigenvalue weighted by atomic mass is 35.5. The van der Waals surface area contributed by atoms with Crippen LogP contribution in [-0.4, -0.2) is 31.7 Å². The molecule has 0 saturated heterocycles. The van der Waals surface area contributed by atoms with Gasteiger partial charge in [-0.3, -0.25) is 0 Å². The van der Waals surface area contributed by atoms with E-state index in [-0.39, 0.29) is 12.1 Å². The Balaban J connectivity index is 1.68. The Morgan fingerprint density at radius 2 is 1.67 bits per heavy atom. The number of benzene rings is 3. The maximum atomic E-state index is 13.3. The number of nitrogens with one attached hydrogen (secondary N) is 1. The van der Waals surface area contributed by atoms with Crippen LogP contribution in [0.1, 0.15) is 22.7 Å². The summed E-state index contributed by atoms with van der Waals surface area (Å²) in [7, 11) is 3.15. The van der Waals surface area contributed by atoms with Gasteiger partial charge in [0.25, 0.3) is 0 Å². The van der Waals surface area contributed by atoms with E-state index in [0.717, 1.165) is 17.5 Å². The molecule has 0 spiro atoms. The first-order valence-electron chi connectivity index (χ1n) is 9.74. The standard InChI is InChI=1S/C24H23ClN2O3/c1-29-21-12-11-17(15-22(21)30-2)26-24(28)27-14-13-16-7-3-4-8-18(16)23(27)19-9-5-6-10-20(19)25/h3-12,15,23H,13-14H2,1-2H3,(H,26,28)/t23-/m0/s1. The topological polar surface area (TPSA) is 50.8 Å². The molecule has 0 unspecified atom stereocenters. The number of nitrogens with zero attached hydrogens (tertiary/aromatic N) is 1. The predicted octanol–water partition coefficient (Wildman–Crippen LogP) is 5.54. The summed E-state index contributed by atoms with van der Waals surface area (Å²) in [6.07, 6.45) is 0.788. The van der Waals surface area contributed by atoms with Gasteiger partial charge in [-0.05, 0) is 41.3 Å². The van der Waals surface area contributed by atoms with Crippen LogP contribution >= 0.6 is 11.6 Å². The Morgan fingerprint density at radius 3 is 2.40 bits per heavy atom. The van der Waals surface area contributed by atoms with E-state index in [2.05, 4.69) is 17.4 Å². The van der Waals surface area contributed by atoms with Crippen molar-refractivity contribution >= 4 is 23.3 Å². The summed E-state index contributed by atoms with van der Waals surface area (Å²) in [6, 6.07) is 20.8. The highest BCUT2D eigenvalue weighted by Crippen LogP contribution is 2.38. The number of carbonyl (C=O) groups is 1. The summed E-state index contributed by atoms with van der Waals surface area (Å²) in [6.45, 7) is 0.589. The zero-order valence-electron chi connectivity index (χ0n) is 16.9. The first-order valence-corrected chi connectivity index (χ1v) is 10.1. The van der Waals surface area contributed by atoms with Crippen molar-refractivity contribution in [2.45, 2.75) is 12.5 Å². The molecule has 0 fully saturated rings. The van der Waals surface area contributed by atoms with E-state index in [0.29, 0.717) is 28.8 Å². The van der Waals surface area contributed by atoms with Crippen LogP contribution < -0.4 is 14.8 Å². The second-order valence-corrected chi connectivity index (χ2v) is 7.47. The molecule has 1 heterocycles. The maximum Gasteiger partial charge on any atom is 0.322 e. The van der Waals surface area contributed by atoms with Gasteiger partial charge in [-0.2, -0.15) is 0 Å². The van der Waals surface area contributed by atoms with Crippen molar-refractivity contribution in [3.63, 3.8) is 0 Å². The van der Waals surface area contributed by atoms with Crippen LogP contribution in [0.3, 0.4) is 0 Å². The normalized spacial score (nSPS) is 15.3. The van der Waals surface area contributed by atoms with E-state index in [1.807, 2.05) is 41.3 Å². The molecule has 30 heavy (non-hydrogen) atoms. The van der Waals surface area contributed by atoms with Crippen LogP contribution in [0, 0.1) is 0 Å². The Hall–Kier alpha value is -3.18. The fourth-order valence-corrected chi connectivity index (χ4v) is 4.17. The van der Waals surface area contributed by atoms with Crippen molar-refractivity contribution in [3.8, 4) is 11.5 Å². The van der Waals surface area contributed by atoms with Gasteiger partial charge < -0.3 is 19.7 Å². The number of hydrogen-bond acceptors (Lipinski definition) is 3. The molecule has 0 radical (unpaired) electrons. The maximum absolute atomic E-state index is 13.3. The number of amides is 2. The Labute approximate surface area is 181 Å². The molecule has 1 N–H and O–H groups in total. The van der Waals surface area contributed by atoms with Gasteiger partial charge in [-0.15, -0.1) is 0 Å². The molecule has 0 aliphatic carbocycles. The first kappa shape index (κ1) is 20.1. The van der Waals surface area contributed by atoms with Gasteiger partial charge in [0.2, 0.25) is 0 Å². The number of methoxy groups -OCH3 is 2. The van der Waals surface area contributed by atoms with Crippen LogP contribution in [0.15, 0.2) is 66.7 Å². The Bertz CT molecular complexity index is 1070. The third kappa shape index (κ3) is 3.81.